The molecule has 1 atom stereocenters. The van der Waals surface area contributed by atoms with Gasteiger partial charge in [-0.25, -0.2) is 13.6 Å². The summed E-state index contributed by atoms with van der Waals surface area (Å²) in [7, 11) is -3.67. The molecule has 0 aliphatic carbocycles. The van der Waals surface area contributed by atoms with Crippen LogP contribution in [0.5, 0.6) is 0 Å². The Morgan fingerprint density at radius 2 is 2.00 bits per heavy atom. The van der Waals surface area contributed by atoms with Crippen LogP contribution in [0.25, 0.3) is 0 Å². The molecule has 1 rings (SSSR count). The van der Waals surface area contributed by atoms with Crippen LogP contribution in [-0.4, -0.2) is 26.0 Å². The largest absolute Gasteiger partial charge is 0.313 e. The van der Waals surface area contributed by atoms with Crippen molar-refractivity contribution in [1.29, 1.82) is 0 Å². The first kappa shape index (κ1) is 17.1. The predicted octanol–water partition coefficient (Wildman–Crippen LogP) is 1.69. The van der Waals surface area contributed by atoms with Crippen molar-refractivity contribution < 1.29 is 8.42 Å². The zero-order chi connectivity index (χ0) is 15.4. The first-order valence-corrected chi connectivity index (χ1v) is 8.40. The number of nitrogens with zero attached hydrogens (tertiary/aromatic N) is 1. The zero-order valence-electron chi connectivity index (χ0n) is 12.7. The minimum atomic E-state index is -3.67. The number of rotatable bonds is 6. The van der Waals surface area contributed by atoms with Crippen molar-refractivity contribution in [3.05, 3.63) is 24.0 Å². The van der Waals surface area contributed by atoms with Crippen LogP contribution < -0.4 is 10.5 Å². The van der Waals surface area contributed by atoms with Gasteiger partial charge in [0.25, 0.3) is 0 Å². The van der Waals surface area contributed by atoms with Gasteiger partial charge in [-0.3, -0.25) is 4.98 Å². The van der Waals surface area contributed by atoms with Crippen LogP contribution in [0.3, 0.4) is 0 Å². The summed E-state index contributed by atoms with van der Waals surface area (Å²) in [6, 6.07) is 3.53. The Labute approximate surface area is 122 Å². The number of pyridine rings is 1. The first-order chi connectivity index (χ1) is 9.14. The van der Waals surface area contributed by atoms with Crippen LogP contribution in [0, 0.1) is 5.41 Å². The zero-order valence-corrected chi connectivity index (χ0v) is 13.5. The summed E-state index contributed by atoms with van der Waals surface area (Å²) < 4.78 is 22.4. The number of aromatic nitrogens is 1. The summed E-state index contributed by atoms with van der Waals surface area (Å²) in [6.07, 6.45) is 3.16. The average Bonchev–Trinajstić information content (AvgIpc) is 2.32. The van der Waals surface area contributed by atoms with Crippen molar-refractivity contribution in [2.45, 2.75) is 51.5 Å². The van der Waals surface area contributed by atoms with Gasteiger partial charge in [-0.05, 0) is 30.5 Å². The Hall–Kier alpha value is -0.980. The second-order valence-electron chi connectivity index (χ2n) is 6.11. The molecular formula is C14H25N3O2S. The van der Waals surface area contributed by atoms with Gasteiger partial charge in [0.2, 0.25) is 10.0 Å². The monoisotopic (exact) mass is 299 g/mol. The van der Waals surface area contributed by atoms with E-state index in [1.165, 1.54) is 12.3 Å². The van der Waals surface area contributed by atoms with Gasteiger partial charge in [0.1, 0.15) is 4.90 Å². The maximum atomic E-state index is 11.2. The lowest BCUT2D eigenvalue weighted by molar-refractivity contribution is 0.265. The molecule has 0 spiro atoms. The molecule has 0 amide bonds. The average molecular weight is 299 g/mol. The van der Waals surface area contributed by atoms with Gasteiger partial charge in [-0.2, -0.15) is 0 Å². The molecule has 1 unspecified atom stereocenters. The smallest absolute Gasteiger partial charge is 0.239 e. The van der Waals surface area contributed by atoms with E-state index in [4.69, 9.17) is 5.14 Å². The molecule has 0 saturated heterocycles. The molecule has 6 heteroatoms. The number of hydrogen-bond acceptors (Lipinski definition) is 4. The predicted molar refractivity (Wildman–Crippen MR) is 80.9 cm³/mol. The fraction of sp³-hybridized carbons (Fsp3) is 0.643. The molecule has 114 valence electrons. The molecule has 1 heterocycles. The van der Waals surface area contributed by atoms with Crippen molar-refractivity contribution in [3.8, 4) is 0 Å². The van der Waals surface area contributed by atoms with Gasteiger partial charge >= 0.3 is 0 Å². The Morgan fingerprint density at radius 1 is 1.35 bits per heavy atom. The normalized spacial score (nSPS) is 14.2. The maximum Gasteiger partial charge on any atom is 0.239 e. The standard InChI is InChI=1S/C14H25N3O2S/c1-5-8-16-13(14(2,3)4)9-11-6-7-12(10-17-11)20(15,18)19/h6-7,10,13,16H,5,8-9H2,1-4H3,(H2,15,18,19). The van der Waals surface area contributed by atoms with Crippen molar-refractivity contribution in [3.63, 3.8) is 0 Å². The summed E-state index contributed by atoms with van der Waals surface area (Å²) in [5, 5.41) is 8.58. The van der Waals surface area contributed by atoms with Gasteiger partial charge in [-0.15, -0.1) is 0 Å². The molecule has 20 heavy (non-hydrogen) atoms. The summed E-state index contributed by atoms with van der Waals surface area (Å²) in [6.45, 7) is 9.63. The molecule has 0 radical (unpaired) electrons. The fourth-order valence-corrected chi connectivity index (χ4v) is 2.37. The molecule has 0 bridgehead atoms. The third kappa shape index (κ3) is 5.19. The minimum absolute atomic E-state index is 0.0510. The second kappa shape index (κ2) is 6.65. The van der Waals surface area contributed by atoms with Gasteiger partial charge < -0.3 is 5.32 Å². The number of nitrogens with two attached hydrogens (primary N) is 1. The Morgan fingerprint density at radius 3 is 2.40 bits per heavy atom. The lowest BCUT2D eigenvalue weighted by atomic mass is 9.84. The number of hydrogen-bond donors (Lipinski definition) is 2. The van der Waals surface area contributed by atoms with E-state index in [1.807, 2.05) is 0 Å². The highest BCUT2D eigenvalue weighted by molar-refractivity contribution is 7.89. The van der Waals surface area contributed by atoms with Crippen LogP contribution in [0.4, 0.5) is 0 Å². The number of sulfonamides is 1. The van der Waals surface area contributed by atoms with Crippen molar-refractivity contribution in [1.82, 2.24) is 10.3 Å². The quantitative estimate of drug-likeness (QED) is 0.837. The molecule has 3 N–H and O–H groups in total. The molecular weight excluding hydrogens is 274 g/mol. The van der Waals surface area contributed by atoms with Crippen molar-refractivity contribution in [2.24, 2.45) is 10.6 Å². The van der Waals surface area contributed by atoms with Crippen LogP contribution in [0.1, 0.15) is 39.8 Å². The molecule has 0 aliphatic rings. The molecule has 1 aromatic rings. The van der Waals surface area contributed by atoms with Crippen LogP contribution >= 0.6 is 0 Å². The molecule has 5 nitrogen and oxygen atoms in total. The molecule has 1 aromatic heterocycles. The van der Waals surface area contributed by atoms with Crippen molar-refractivity contribution in [2.75, 3.05) is 6.54 Å². The Kier molecular flexibility index (Phi) is 5.68. The molecule has 0 fully saturated rings. The molecule has 0 saturated carbocycles. The highest BCUT2D eigenvalue weighted by atomic mass is 32.2. The van der Waals surface area contributed by atoms with Crippen LogP contribution in [0.2, 0.25) is 0 Å². The van der Waals surface area contributed by atoms with Gasteiger partial charge in [0.15, 0.2) is 0 Å². The Balaban J connectivity index is 2.84. The van der Waals surface area contributed by atoms with E-state index in [1.54, 1.807) is 6.07 Å². The van der Waals surface area contributed by atoms with E-state index in [9.17, 15) is 8.42 Å². The summed E-state index contributed by atoms with van der Waals surface area (Å²) in [5.41, 5.74) is 0.969. The minimum Gasteiger partial charge on any atom is -0.313 e. The van der Waals surface area contributed by atoms with E-state index < -0.39 is 10.0 Å². The summed E-state index contributed by atoms with van der Waals surface area (Å²) >= 11 is 0. The topological polar surface area (TPSA) is 85.1 Å². The molecule has 0 aliphatic heterocycles. The second-order valence-corrected chi connectivity index (χ2v) is 7.67. The van der Waals surface area contributed by atoms with Gasteiger partial charge in [0, 0.05) is 24.4 Å². The highest BCUT2D eigenvalue weighted by Gasteiger charge is 2.24. The summed E-state index contributed by atoms with van der Waals surface area (Å²) in [4.78, 5) is 4.26. The third-order valence-corrected chi connectivity index (χ3v) is 4.12. The van der Waals surface area contributed by atoms with Gasteiger partial charge in [0.05, 0.1) is 0 Å². The highest BCUT2D eigenvalue weighted by Crippen LogP contribution is 2.22. The number of nitrogens with one attached hydrogen (secondary N) is 1. The number of primary sulfonamides is 1. The fourth-order valence-electron chi connectivity index (χ4n) is 1.91. The van der Waals surface area contributed by atoms with E-state index in [2.05, 4.69) is 38.0 Å². The lowest BCUT2D eigenvalue weighted by Crippen LogP contribution is -2.42. The van der Waals surface area contributed by atoms with E-state index in [0.29, 0.717) is 0 Å². The van der Waals surface area contributed by atoms with Crippen molar-refractivity contribution >= 4 is 10.0 Å². The van der Waals surface area contributed by atoms with Crippen LogP contribution in [-0.2, 0) is 16.4 Å². The van der Waals surface area contributed by atoms with Gasteiger partial charge in [-0.1, -0.05) is 27.7 Å². The first-order valence-electron chi connectivity index (χ1n) is 6.85. The van der Waals surface area contributed by atoms with E-state index >= 15 is 0 Å². The van der Waals surface area contributed by atoms with E-state index in [-0.39, 0.29) is 16.4 Å². The molecule has 0 aromatic carbocycles. The van der Waals surface area contributed by atoms with E-state index in [0.717, 1.165) is 25.1 Å². The maximum absolute atomic E-state index is 11.2. The third-order valence-electron chi connectivity index (χ3n) is 3.23. The summed E-state index contributed by atoms with van der Waals surface area (Å²) in [5.74, 6) is 0. The SMILES string of the molecule is CCCNC(Cc1ccc(S(N)(=O)=O)cn1)C(C)(C)C. The lowest BCUT2D eigenvalue weighted by Gasteiger charge is -2.31. The van der Waals surface area contributed by atoms with Crippen LogP contribution in [0.15, 0.2) is 23.2 Å². The Bertz CT molecular complexity index is 518.